The van der Waals surface area contributed by atoms with Crippen molar-refractivity contribution in [2.24, 2.45) is 0 Å². The molecule has 0 unspecified atom stereocenters. The van der Waals surface area contributed by atoms with E-state index in [1.807, 2.05) is 25.1 Å². The summed E-state index contributed by atoms with van der Waals surface area (Å²) in [6, 6.07) is 10.3. The number of rotatable bonds is 4. The van der Waals surface area contributed by atoms with E-state index in [0.717, 1.165) is 15.8 Å². The topological polar surface area (TPSA) is 88.8 Å². The predicted octanol–water partition coefficient (Wildman–Crippen LogP) is 5.26. The Labute approximate surface area is 163 Å². The van der Waals surface area contributed by atoms with Crippen LogP contribution in [0.3, 0.4) is 0 Å². The van der Waals surface area contributed by atoms with Gasteiger partial charge in [0.25, 0.3) is 0 Å². The first kappa shape index (κ1) is 17.4. The molecular weight excluding hydrogens is 387 g/mol. The lowest BCUT2D eigenvalue weighted by Gasteiger charge is -2.11. The summed E-state index contributed by atoms with van der Waals surface area (Å²) in [6.07, 6.45) is 1.38. The number of thiazole rings is 1. The van der Waals surface area contributed by atoms with E-state index in [1.54, 1.807) is 6.07 Å². The number of benzene rings is 2. The Morgan fingerprint density at radius 1 is 1.11 bits per heavy atom. The van der Waals surface area contributed by atoms with Crippen molar-refractivity contribution >= 4 is 61.3 Å². The molecular formula is C18H14ClFN6S. The van der Waals surface area contributed by atoms with Crippen molar-refractivity contribution in [3.8, 4) is 0 Å². The van der Waals surface area contributed by atoms with Crippen LogP contribution >= 0.6 is 22.9 Å². The molecule has 2 heterocycles. The quantitative estimate of drug-likeness (QED) is 0.433. The molecule has 0 saturated carbocycles. The minimum absolute atomic E-state index is 0.0100. The fraction of sp³-hybridized carbons (Fsp3) is 0.0556. The second-order valence-electron chi connectivity index (χ2n) is 5.80. The molecule has 0 aliphatic carbocycles. The zero-order chi connectivity index (χ0) is 19.0. The number of anilines is 5. The normalized spacial score (nSPS) is 10.9. The highest BCUT2D eigenvalue weighted by Gasteiger charge is 2.12. The number of aryl methyl sites for hydroxylation is 1. The molecule has 0 atom stereocenters. The van der Waals surface area contributed by atoms with Gasteiger partial charge in [-0.15, -0.1) is 0 Å². The Balaban J connectivity index is 1.62. The third kappa shape index (κ3) is 3.49. The maximum atomic E-state index is 13.3. The number of aromatic nitrogens is 3. The van der Waals surface area contributed by atoms with Crippen LogP contribution in [0.2, 0.25) is 5.02 Å². The molecule has 0 aliphatic rings. The second-order valence-corrected chi connectivity index (χ2v) is 7.24. The van der Waals surface area contributed by atoms with Crippen LogP contribution in [0.15, 0.2) is 42.7 Å². The fourth-order valence-electron chi connectivity index (χ4n) is 2.55. The zero-order valence-electron chi connectivity index (χ0n) is 14.1. The number of hydrogen-bond donors (Lipinski definition) is 3. The lowest BCUT2D eigenvalue weighted by Crippen LogP contribution is -2.05. The van der Waals surface area contributed by atoms with Crippen LogP contribution in [0.5, 0.6) is 0 Å². The van der Waals surface area contributed by atoms with Crippen molar-refractivity contribution in [3.05, 3.63) is 59.1 Å². The zero-order valence-corrected chi connectivity index (χ0v) is 15.7. The summed E-state index contributed by atoms with van der Waals surface area (Å²) in [5.74, 6) is 0.316. The molecule has 2 aromatic carbocycles. The first-order chi connectivity index (χ1) is 13.0. The van der Waals surface area contributed by atoms with E-state index in [4.69, 9.17) is 17.3 Å². The molecule has 9 heteroatoms. The maximum Gasteiger partial charge on any atom is 0.189 e. The third-order valence-corrected chi connectivity index (χ3v) is 5.14. The number of nitrogen functional groups attached to an aromatic ring is 1. The first-order valence-corrected chi connectivity index (χ1v) is 9.16. The number of halogens is 2. The average Bonchev–Trinajstić information content (AvgIpc) is 3.06. The summed E-state index contributed by atoms with van der Waals surface area (Å²) in [4.78, 5) is 12.9. The van der Waals surface area contributed by atoms with Gasteiger partial charge in [0.1, 0.15) is 17.8 Å². The average molecular weight is 401 g/mol. The number of nitrogens with two attached hydrogens (primary N) is 1. The van der Waals surface area contributed by atoms with Gasteiger partial charge >= 0.3 is 0 Å². The molecule has 6 nitrogen and oxygen atoms in total. The monoisotopic (exact) mass is 400 g/mol. The Hall–Kier alpha value is -2.97. The molecule has 0 bridgehead atoms. The van der Waals surface area contributed by atoms with Gasteiger partial charge in [-0.3, -0.25) is 0 Å². The number of nitrogens with one attached hydrogen (secondary N) is 2. The van der Waals surface area contributed by atoms with Gasteiger partial charge in [-0.25, -0.2) is 19.3 Å². The molecule has 4 aromatic rings. The van der Waals surface area contributed by atoms with E-state index >= 15 is 0 Å². The van der Waals surface area contributed by atoms with Crippen molar-refractivity contribution in [1.82, 2.24) is 15.0 Å². The summed E-state index contributed by atoms with van der Waals surface area (Å²) >= 11 is 7.32. The van der Waals surface area contributed by atoms with Crippen molar-refractivity contribution in [3.63, 3.8) is 0 Å². The third-order valence-electron chi connectivity index (χ3n) is 3.91. The largest absolute Gasteiger partial charge is 0.393 e. The number of nitrogens with zero attached hydrogens (tertiary/aromatic N) is 3. The van der Waals surface area contributed by atoms with Crippen LogP contribution < -0.4 is 16.4 Å². The van der Waals surface area contributed by atoms with Gasteiger partial charge in [0.2, 0.25) is 0 Å². The van der Waals surface area contributed by atoms with Crippen LogP contribution in [0.1, 0.15) is 5.56 Å². The Kier molecular flexibility index (Phi) is 4.51. The van der Waals surface area contributed by atoms with Crippen molar-refractivity contribution < 1.29 is 4.39 Å². The highest BCUT2D eigenvalue weighted by Crippen LogP contribution is 2.33. The summed E-state index contributed by atoms with van der Waals surface area (Å²) < 4.78 is 14.4. The molecule has 27 heavy (non-hydrogen) atoms. The molecule has 136 valence electrons. The van der Waals surface area contributed by atoms with E-state index in [0.29, 0.717) is 28.1 Å². The Morgan fingerprint density at radius 3 is 2.63 bits per heavy atom. The Morgan fingerprint density at radius 2 is 1.89 bits per heavy atom. The van der Waals surface area contributed by atoms with Crippen LogP contribution in [0, 0.1) is 12.7 Å². The van der Waals surface area contributed by atoms with Crippen molar-refractivity contribution in [2.75, 3.05) is 16.4 Å². The predicted molar refractivity (Wildman–Crippen MR) is 109 cm³/mol. The van der Waals surface area contributed by atoms with Gasteiger partial charge in [-0.2, -0.15) is 0 Å². The van der Waals surface area contributed by atoms with Gasteiger partial charge in [-0.05, 0) is 36.8 Å². The van der Waals surface area contributed by atoms with Crippen LogP contribution in [0.4, 0.5) is 32.5 Å². The molecule has 0 aliphatic heterocycles. The molecule has 0 fully saturated rings. The number of para-hydroxylation sites is 1. The minimum Gasteiger partial charge on any atom is -0.393 e. The molecule has 0 radical (unpaired) electrons. The van der Waals surface area contributed by atoms with Gasteiger partial charge in [0, 0.05) is 5.69 Å². The Bertz CT molecular complexity index is 1150. The highest BCUT2D eigenvalue weighted by molar-refractivity contribution is 7.22. The SMILES string of the molecule is Cc1cccc2sc(Nc3ncnc(Nc4ccc(F)c(Cl)c4)c3N)nc12. The van der Waals surface area contributed by atoms with Crippen molar-refractivity contribution in [2.45, 2.75) is 6.92 Å². The van der Waals surface area contributed by atoms with E-state index in [1.165, 1.54) is 29.8 Å². The van der Waals surface area contributed by atoms with E-state index in [-0.39, 0.29) is 5.02 Å². The molecule has 0 spiro atoms. The molecule has 2 aromatic heterocycles. The first-order valence-electron chi connectivity index (χ1n) is 7.97. The van der Waals surface area contributed by atoms with E-state index < -0.39 is 5.82 Å². The smallest absolute Gasteiger partial charge is 0.189 e. The maximum absolute atomic E-state index is 13.3. The standard InChI is InChI=1S/C18H14ClFN6S/c1-9-3-2-4-13-15(9)25-18(27-13)26-17-14(21)16(22-8-23-17)24-10-5-6-12(20)11(19)7-10/h2-8H,21H2,1H3,(H2,22,23,24,25,26). The van der Waals surface area contributed by atoms with Crippen LogP contribution in [0.25, 0.3) is 10.2 Å². The second kappa shape index (κ2) is 6.98. The van der Waals surface area contributed by atoms with Gasteiger partial charge in [-0.1, -0.05) is 35.1 Å². The van der Waals surface area contributed by atoms with Gasteiger partial charge in [0.15, 0.2) is 16.8 Å². The molecule has 4 N–H and O–H groups in total. The molecule has 4 rings (SSSR count). The van der Waals surface area contributed by atoms with Crippen LogP contribution in [-0.4, -0.2) is 15.0 Å². The summed E-state index contributed by atoms with van der Waals surface area (Å²) in [5.41, 5.74) is 9.11. The molecule has 0 amide bonds. The minimum atomic E-state index is -0.494. The number of hydrogen-bond acceptors (Lipinski definition) is 7. The lowest BCUT2D eigenvalue weighted by molar-refractivity contribution is 0.628. The summed E-state index contributed by atoms with van der Waals surface area (Å²) in [5, 5.41) is 6.85. The van der Waals surface area contributed by atoms with E-state index in [9.17, 15) is 4.39 Å². The highest BCUT2D eigenvalue weighted by atomic mass is 35.5. The summed E-state index contributed by atoms with van der Waals surface area (Å²) in [7, 11) is 0. The summed E-state index contributed by atoms with van der Waals surface area (Å²) in [6.45, 7) is 2.01. The fourth-order valence-corrected chi connectivity index (χ4v) is 3.67. The van der Waals surface area contributed by atoms with Crippen LogP contribution in [-0.2, 0) is 0 Å². The molecule has 0 saturated heterocycles. The van der Waals surface area contributed by atoms with Crippen molar-refractivity contribution in [1.29, 1.82) is 0 Å². The van der Waals surface area contributed by atoms with Gasteiger partial charge in [0.05, 0.1) is 15.2 Å². The van der Waals surface area contributed by atoms with Gasteiger partial charge < -0.3 is 16.4 Å². The number of fused-ring (bicyclic) bond motifs is 1. The van der Waals surface area contributed by atoms with E-state index in [2.05, 4.69) is 25.6 Å². The lowest BCUT2D eigenvalue weighted by atomic mass is 10.2.